The van der Waals surface area contributed by atoms with E-state index >= 15 is 0 Å². The number of nitrogens with one attached hydrogen (secondary N) is 1. The maximum atomic E-state index is 11.7. The minimum Gasteiger partial charge on any atom is -0.492 e. The monoisotopic (exact) mass is 371 g/mol. The van der Waals surface area contributed by atoms with Crippen LogP contribution in [0, 0.1) is 5.92 Å². The third-order valence-corrected chi connectivity index (χ3v) is 3.78. The van der Waals surface area contributed by atoms with E-state index in [9.17, 15) is 4.79 Å². The highest BCUT2D eigenvalue weighted by molar-refractivity contribution is 9.09. The Kier molecular flexibility index (Phi) is 8.49. The first-order valence-electron chi connectivity index (χ1n) is 7.64. The van der Waals surface area contributed by atoms with Crippen LogP contribution in [-0.4, -0.2) is 31.1 Å². The number of carbonyl (C=O) groups excluding carboxylic acids is 1. The Hall–Kier alpha value is -1.07. The first kappa shape index (κ1) is 19.0. The van der Waals surface area contributed by atoms with Crippen molar-refractivity contribution in [2.24, 2.45) is 5.92 Å². The van der Waals surface area contributed by atoms with E-state index in [-0.39, 0.29) is 12.5 Å². The standard InChI is InChI=1S/C17H26BrNO3/c1-5-22-16-10-13(9-14(18)8-12(2)3)6-7-15(16)19-17(20)11-21-4/h6-7,10,12,14H,5,8-9,11H2,1-4H3,(H,19,20). The molecule has 0 saturated carbocycles. The predicted molar refractivity (Wildman–Crippen MR) is 94.0 cm³/mol. The lowest BCUT2D eigenvalue weighted by Crippen LogP contribution is -2.18. The Morgan fingerprint density at radius 3 is 2.68 bits per heavy atom. The number of benzene rings is 1. The van der Waals surface area contributed by atoms with Crippen molar-refractivity contribution in [3.05, 3.63) is 23.8 Å². The lowest BCUT2D eigenvalue weighted by Gasteiger charge is -2.16. The van der Waals surface area contributed by atoms with E-state index < -0.39 is 0 Å². The molecule has 0 aliphatic carbocycles. The Morgan fingerprint density at radius 1 is 1.36 bits per heavy atom. The average Bonchev–Trinajstić information content (AvgIpc) is 2.41. The fraction of sp³-hybridized carbons (Fsp3) is 0.588. The Balaban J connectivity index is 2.82. The molecule has 1 amide bonds. The number of amides is 1. The highest BCUT2D eigenvalue weighted by atomic mass is 79.9. The van der Waals surface area contributed by atoms with E-state index in [4.69, 9.17) is 9.47 Å². The van der Waals surface area contributed by atoms with Gasteiger partial charge in [-0.2, -0.15) is 0 Å². The molecule has 0 saturated heterocycles. The largest absolute Gasteiger partial charge is 0.492 e. The third kappa shape index (κ3) is 6.79. The zero-order valence-corrected chi connectivity index (χ0v) is 15.4. The van der Waals surface area contributed by atoms with Crippen molar-refractivity contribution in [2.75, 3.05) is 25.6 Å². The van der Waals surface area contributed by atoms with Crippen molar-refractivity contribution in [1.29, 1.82) is 0 Å². The van der Waals surface area contributed by atoms with Gasteiger partial charge < -0.3 is 14.8 Å². The number of ether oxygens (including phenoxy) is 2. The second kappa shape index (κ2) is 9.85. The molecule has 5 heteroatoms. The topological polar surface area (TPSA) is 47.6 Å². The van der Waals surface area contributed by atoms with Crippen molar-refractivity contribution in [3.63, 3.8) is 0 Å². The molecule has 0 aliphatic rings. The molecule has 0 aliphatic heterocycles. The molecule has 1 unspecified atom stereocenters. The van der Waals surface area contributed by atoms with Crippen LogP contribution in [0.4, 0.5) is 5.69 Å². The third-order valence-electron chi connectivity index (χ3n) is 3.08. The van der Waals surface area contributed by atoms with E-state index in [1.807, 2.05) is 25.1 Å². The van der Waals surface area contributed by atoms with Gasteiger partial charge in [-0.25, -0.2) is 0 Å². The number of halogens is 1. The second-order valence-electron chi connectivity index (χ2n) is 5.68. The fourth-order valence-corrected chi connectivity index (χ4v) is 3.36. The minimum absolute atomic E-state index is 0.0329. The molecule has 22 heavy (non-hydrogen) atoms. The van der Waals surface area contributed by atoms with Crippen LogP contribution in [0.3, 0.4) is 0 Å². The summed E-state index contributed by atoms with van der Waals surface area (Å²) in [5.74, 6) is 1.17. The number of hydrogen-bond donors (Lipinski definition) is 1. The minimum atomic E-state index is -0.186. The van der Waals surface area contributed by atoms with E-state index in [1.165, 1.54) is 12.7 Å². The Morgan fingerprint density at radius 2 is 2.09 bits per heavy atom. The highest BCUT2D eigenvalue weighted by Gasteiger charge is 2.12. The van der Waals surface area contributed by atoms with Gasteiger partial charge in [-0.05, 0) is 43.4 Å². The summed E-state index contributed by atoms with van der Waals surface area (Å²) in [5, 5.41) is 2.81. The summed E-state index contributed by atoms with van der Waals surface area (Å²) >= 11 is 3.73. The summed E-state index contributed by atoms with van der Waals surface area (Å²) in [6.45, 7) is 6.95. The van der Waals surface area contributed by atoms with Crippen LogP contribution in [0.25, 0.3) is 0 Å². The quantitative estimate of drug-likeness (QED) is 0.666. The van der Waals surface area contributed by atoms with E-state index in [1.54, 1.807) is 0 Å². The lowest BCUT2D eigenvalue weighted by atomic mass is 10.0. The smallest absolute Gasteiger partial charge is 0.250 e. The summed E-state index contributed by atoms with van der Waals surface area (Å²) in [4.78, 5) is 12.1. The molecule has 0 spiro atoms. The van der Waals surface area contributed by atoms with Gasteiger partial charge in [-0.1, -0.05) is 35.8 Å². The first-order chi connectivity index (χ1) is 10.5. The number of methoxy groups -OCH3 is 1. The summed E-state index contributed by atoms with van der Waals surface area (Å²) in [7, 11) is 1.50. The van der Waals surface area contributed by atoms with Crippen LogP contribution in [-0.2, 0) is 16.0 Å². The number of hydrogen-bond acceptors (Lipinski definition) is 3. The van der Waals surface area contributed by atoms with Crippen molar-refractivity contribution >= 4 is 27.5 Å². The molecule has 0 bridgehead atoms. The molecule has 0 heterocycles. The van der Waals surface area contributed by atoms with Gasteiger partial charge in [0.25, 0.3) is 0 Å². The fourth-order valence-electron chi connectivity index (χ4n) is 2.24. The van der Waals surface area contributed by atoms with Crippen LogP contribution >= 0.6 is 15.9 Å². The first-order valence-corrected chi connectivity index (χ1v) is 8.56. The van der Waals surface area contributed by atoms with Crippen LogP contribution in [0.1, 0.15) is 32.8 Å². The average molecular weight is 372 g/mol. The normalized spacial score (nSPS) is 12.3. The van der Waals surface area contributed by atoms with Crippen LogP contribution in [0.2, 0.25) is 0 Å². The molecule has 0 radical (unpaired) electrons. The molecule has 0 aromatic heterocycles. The van der Waals surface area contributed by atoms with Crippen molar-refractivity contribution in [1.82, 2.24) is 0 Å². The molecular weight excluding hydrogens is 346 g/mol. The van der Waals surface area contributed by atoms with E-state index in [2.05, 4.69) is 35.1 Å². The summed E-state index contributed by atoms with van der Waals surface area (Å²) in [6, 6.07) is 5.92. The molecule has 1 aromatic carbocycles. The maximum Gasteiger partial charge on any atom is 0.250 e. The molecule has 1 aromatic rings. The summed E-state index contributed by atoms with van der Waals surface area (Å²) in [5.41, 5.74) is 1.87. The molecule has 1 N–H and O–H groups in total. The Bertz CT molecular complexity index is 477. The maximum absolute atomic E-state index is 11.7. The van der Waals surface area contributed by atoms with Gasteiger partial charge in [0.05, 0.1) is 12.3 Å². The lowest BCUT2D eigenvalue weighted by molar-refractivity contribution is -0.119. The molecule has 1 atom stereocenters. The van der Waals surface area contributed by atoms with Gasteiger partial charge in [0.15, 0.2) is 0 Å². The predicted octanol–water partition coefficient (Wildman–Crippen LogP) is 4.02. The van der Waals surface area contributed by atoms with Crippen LogP contribution < -0.4 is 10.1 Å². The van der Waals surface area contributed by atoms with Gasteiger partial charge >= 0.3 is 0 Å². The van der Waals surface area contributed by atoms with Crippen LogP contribution in [0.5, 0.6) is 5.75 Å². The van der Waals surface area contributed by atoms with Gasteiger partial charge in [0, 0.05) is 11.9 Å². The highest BCUT2D eigenvalue weighted by Crippen LogP contribution is 2.28. The van der Waals surface area contributed by atoms with E-state index in [0.717, 1.165) is 12.8 Å². The van der Waals surface area contributed by atoms with Gasteiger partial charge in [-0.15, -0.1) is 0 Å². The van der Waals surface area contributed by atoms with Crippen molar-refractivity contribution in [2.45, 2.75) is 38.4 Å². The van der Waals surface area contributed by atoms with E-state index in [0.29, 0.717) is 28.8 Å². The zero-order valence-electron chi connectivity index (χ0n) is 13.8. The van der Waals surface area contributed by atoms with Gasteiger partial charge in [-0.3, -0.25) is 4.79 Å². The SMILES string of the molecule is CCOc1cc(CC(Br)CC(C)C)ccc1NC(=O)COC. The Labute approximate surface area is 141 Å². The van der Waals surface area contributed by atoms with Crippen molar-refractivity contribution in [3.8, 4) is 5.75 Å². The molecular formula is C17H26BrNO3. The summed E-state index contributed by atoms with van der Waals surface area (Å²) < 4.78 is 10.5. The number of anilines is 1. The molecule has 0 fully saturated rings. The second-order valence-corrected chi connectivity index (χ2v) is 6.97. The number of alkyl halides is 1. The van der Waals surface area contributed by atoms with Gasteiger partial charge in [0.1, 0.15) is 12.4 Å². The summed E-state index contributed by atoms with van der Waals surface area (Å²) in [6.07, 6.45) is 2.06. The number of rotatable bonds is 9. The number of carbonyl (C=O) groups is 1. The van der Waals surface area contributed by atoms with Gasteiger partial charge in [0.2, 0.25) is 5.91 Å². The van der Waals surface area contributed by atoms with Crippen molar-refractivity contribution < 1.29 is 14.3 Å². The molecule has 1 rings (SSSR count). The molecule has 124 valence electrons. The van der Waals surface area contributed by atoms with Crippen LogP contribution in [0.15, 0.2) is 18.2 Å². The zero-order chi connectivity index (χ0) is 16.5. The molecule has 4 nitrogen and oxygen atoms in total.